The van der Waals surface area contributed by atoms with E-state index in [1.165, 1.54) is 18.9 Å². The van der Waals surface area contributed by atoms with Gasteiger partial charge in [-0.15, -0.1) is 0 Å². The quantitative estimate of drug-likeness (QED) is 0.449. The second-order valence-electron chi connectivity index (χ2n) is 7.16. The summed E-state index contributed by atoms with van der Waals surface area (Å²) in [6.07, 6.45) is 0. The van der Waals surface area contributed by atoms with E-state index in [-0.39, 0.29) is 23.6 Å². The van der Waals surface area contributed by atoms with Gasteiger partial charge in [-0.25, -0.2) is 14.3 Å². The zero-order valence-corrected chi connectivity index (χ0v) is 18.2. The maximum atomic E-state index is 12.9. The Bertz CT molecular complexity index is 1310. The van der Waals surface area contributed by atoms with Gasteiger partial charge >= 0.3 is 11.9 Å². The van der Waals surface area contributed by atoms with Crippen molar-refractivity contribution in [3.05, 3.63) is 95.7 Å². The lowest BCUT2D eigenvalue weighted by Crippen LogP contribution is -2.15. The number of hydrogen-bond acceptors (Lipinski definition) is 6. The van der Waals surface area contributed by atoms with Crippen molar-refractivity contribution in [3.8, 4) is 28.1 Å². The van der Waals surface area contributed by atoms with Gasteiger partial charge in [-0.1, -0.05) is 66.7 Å². The summed E-state index contributed by atoms with van der Waals surface area (Å²) in [5, 5.41) is 14.6. The van der Waals surface area contributed by atoms with Gasteiger partial charge in [0, 0.05) is 5.56 Å². The monoisotopic (exact) mass is 442 g/mol. The number of aliphatic hydroxyl groups is 1. The lowest BCUT2D eigenvalue weighted by Gasteiger charge is -2.12. The van der Waals surface area contributed by atoms with Gasteiger partial charge in [0.25, 0.3) is 0 Å². The molecule has 0 bridgehead atoms. The van der Waals surface area contributed by atoms with Crippen molar-refractivity contribution < 1.29 is 24.2 Å². The van der Waals surface area contributed by atoms with Gasteiger partial charge in [0.2, 0.25) is 0 Å². The predicted octanol–water partition coefficient (Wildman–Crippen LogP) is 4.27. The van der Waals surface area contributed by atoms with E-state index < -0.39 is 11.9 Å². The molecule has 33 heavy (non-hydrogen) atoms. The molecular weight excluding hydrogens is 420 g/mol. The molecule has 0 spiro atoms. The Labute approximate surface area is 190 Å². The summed E-state index contributed by atoms with van der Waals surface area (Å²) in [6.45, 7) is -0.153. The Kier molecular flexibility index (Phi) is 6.33. The highest BCUT2D eigenvalue weighted by Crippen LogP contribution is 2.37. The van der Waals surface area contributed by atoms with Crippen LogP contribution in [-0.4, -0.2) is 41.0 Å². The first-order valence-electron chi connectivity index (χ1n) is 10.2. The second kappa shape index (κ2) is 9.50. The lowest BCUT2D eigenvalue weighted by atomic mass is 9.92. The number of nitrogens with zero attached hydrogens (tertiary/aromatic N) is 2. The average Bonchev–Trinajstić information content (AvgIpc) is 3.28. The molecule has 0 atom stereocenters. The minimum atomic E-state index is -0.716. The topological polar surface area (TPSA) is 90.6 Å². The van der Waals surface area contributed by atoms with Crippen molar-refractivity contribution >= 4 is 11.9 Å². The molecule has 0 amide bonds. The van der Waals surface area contributed by atoms with E-state index in [0.717, 1.165) is 16.7 Å². The summed E-state index contributed by atoms with van der Waals surface area (Å²) < 4.78 is 11.4. The van der Waals surface area contributed by atoms with Crippen LogP contribution in [0, 0.1) is 0 Å². The molecule has 1 heterocycles. The summed E-state index contributed by atoms with van der Waals surface area (Å²) in [6, 6.07) is 23.8. The third-order valence-corrected chi connectivity index (χ3v) is 5.31. The third-order valence-electron chi connectivity index (χ3n) is 5.31. The van der Waals surface area contributed by atoms with Crippen molar-refractivity contribution in [1.82, 2.24) is 9.78 Å². The van der Waals surface area contributed by atoms with E-state index in [4.69, 9.17) is 9.47 Å². The molecule has 1 N–H and O–H groups in total. The maximum absolute atomic E-state index is 12.9. The Hall–Kier alpha value is -4.23. The number of carbonyl (C=O) groups excluding carboxylic acids is 2. The fraction of sp³-hybridized carbons (Fsp3) is 0.115. The van der Waals surface area contributed by atoms with Crippen LogP contribution in [0.5, 0.6) is 0 Å². The van der Waals surface area contributed by atoms with Gasteiger partial charge in [-0.3, -0.25) is 0 Å². The number of para-hydroxylation sites is 1. The van der Waals surface area contributed by atoms with E-state index in [2.05, 4.69) is 5.10 Å². The molecule has 4 aromatic rings. The van der Waals surface area contributed by atoms with E-state index in [0.29, 0.717) is 11.3 Å². The normalized spacial score (nSPS) is 10.6. The number of hydrogen-bond donors (Lipinski definition) is 1. The van der Waals surface area contributed by atoms with Crippen LogP contribution in [0.4, 0.5) is 0 Å². The lowest BCUT2D eigenvalue weighted by molar-refractivity contribution is 0.0549. The van der Waals surface area contributed by atoms with Gasteiger partial charge in [-0.05, 0) is 28.8 Å². The molecule has 0 aliphatic carbocycles. The van der Waals surface area contributed by atoms with E-state index in [9.17, 15) is 14.7 Å². The molecule has 0 saturated carbocycles. The molecule has 166 valence electrons. The largest absolute Gasteiger partial charge is 0.465 e. The van der Waals surface area contributed by atoms with E-state index in [1.54, 1.807) is 24.3 Å². The molecule has 0 saturated heterocycles. The minimum Gasteiger partial charge on any atom is -0.465 e. The molecule has 3 aromatic carbocycles. The summed E-state index contributed by atoms with van der Waals surface area (Å²) in [4.78, 5) is 25.8. The molecule has 4 rings (SSSR count). The van der Waals surface area contributed by atoms with Crippen LogP contribution in [0.1, 0.15) is 26.4 Å². The number of aliphatic hydroxyl groups excluding tert-OH is 1. The number of rotatable bonds is 6. The van der Waals surface area contributed by atoms with Crippen molar-refractivity contribution in [2.24, 2.45) is 0 Å². The van der Waals surface area contributed by atoms with E-state index >= 15 is 0 Å². The number of aromatic nitrogens is 2. The predicted molar refractivity (Wildman–Crippen MR) is 123 cm³/mol. The Morgan fingerprint density at radius 2 is 1.36 bits per heavy atom. The van der Waals surface area contributed by atoms with Crippen LogP contribution in [0.3, 0.4) is 0 Å². The standard InChI is InChI=1S/C26H22N2O5/c1-32-25(30)22-23(27-28(24(22)26(31)33-2)18-11-4-3-5-12-18)21-15-9-8-14-20(21)19-13-7-6-10-17(19)16-29/h3-15,29H,16H2,1-2H3. The average molecular weight is 442 g/mol. The van der Waals surface area contributed by atoms with Crippen molar-refractivity contribution in [3.63, 3.8) is 0 Å². The smallest absolute Gasteiger partial charge is 0.357 e. The second-order valence-corrected chi connectivity index (χ2v) is 7.16. The summed E-state index contributed by atoms with van der Waals surface area (Å²) in [5.74, 6) is -1.43. The molecule has 0 aliphatic rings. The number of carbonyl (C=O) groups is 2. The summed E-state index contributed by atoms with van der Waals surface area (Å²) in [7, 11) is 2.50. The van der Waals surface area contributed by atoms with Gasteiger partial charge in [0.15, 0.2) is 5.69 Å². The fourth-order valence-electron chi connectivity index (χ4n) is 3.79. The molecule has 0 fully saturated rings. The highest BCUT2D eigenvalue weighted by molar-refractivity contribution is 6.08. The van der Waals surface area contributed by atoms with Crippen LogP contribution in [0.25, 0.3) is 28.1 Å². The third kappa shape index (κ3) is 4.02. The SMILES string of the molecule is COC(=O)c1c(-c2ccccc2-c2ccccc2CO)nn(-c2ccccc2)c1C(=O)OC. The zero-order valence-electron chi connectivity index (χ0n) is 18.2. The number of methoxy groups -OCH3 is 2. The maximum Gasteiger partial charge on any atom is 0.357 e. The Morgan fingerprint density at radius 1 is 0.788 bits per heavy atom. The van der Waals surface area contributed by atoms with Crippen LogP contribution >= 0.6 is 0 Å². The van der Waals surface area contributed by atoms with Gasteiger partial charge < -0.3 is 14.6 Å². The van der Waals surface area contributed by atoms with Crippen molar-refractivity contribution in [1.29, 1.82) is 0 Å². The minimum absolute atomic E-state index is 0.00197. The van der Waals surface area contributed by atoms with Crippen molar-refractivity contribution in [2.45, 2.75) is 6.61 Å². The van der Waals surface area contributed by atoms with Gasteiger partial charge in [0.05, 0.1) is 26.5 Å². The van der Waals surface area contributed by atoms with Gasteiger partial charge in [-0.2, -0.15) is 5.10 Å². The molecule has 7 heteroatoms. The molecular formula is C26H22N2O5. The first-order chi connectivity index (χ1) is 16.1. The first kappa shape index (κ1) is 22.0. The van der Waals surface area contributed by atoms with Crippen LogP contribution < -0.4 is 0 Å². The van der Waals surface area contributed by atoms with Crippen LogP contribution in [-0.2, 0) is 16.1 Å². The van der Waals surface area contributed by atoms with Crippen LogP contribution in [0.15, 0.2) is 78.9 Å². The molecule has 1 aromatic heterocycles. The summed E-state index contributed by atoms with van der Waals surface area (Å²) >= 11 is 0. The molecule has 7 nitrogen and oxygen atoms in total. The first-order valence-corrected chi connectivity index (χ1v) is 10.2. The zero-order chi connectivity index (χ0) is 23.4. The fourth-order valence-corrected chi connectivity index (χ4v) is 3.79. The highest BCUT2D eigenvalue weighted by atomic mass is 16.5. The van der Waals surface area contributed by atoms with Crippen molar-refractivity contribution in [2.75, 3.05) is 14.2 Å². The number of benzene rings is 3. The van der Waals surface area contributed by atoms with Gasteiger partial charge in [0.1, 0.15) is 11.3 Å². The highest BCUT2D eigenvalue weighted by Gasteiger charge is 2.32. The molecule has 0 aliphatic heterocycles. The Balaban J connectivity index is 2.07. The van der Waals surface area contributed by atoms with Crippen LogP contribution in [0.2, 0.25) is 0 Å². The summed E-state index contributed by atoms with van der Waals surface area (Å²) in [5.41, 5.74) is 3.70. The Morgan fingerprint density at radius 3 is 2.00 bits per heavy atom. The van der Waals surface area contributed by atoms with E-state index in [1.807, 2.05) is 54.6 Å². The molecule has 0 unspecified atom stereocenters. The molecule has 0 radical (unpaired) electrons. The number of ether oxygens (including phenoxy) is 2. The number of esters is 2.